The minimum absolute atomic E-state index is 0.0562. The number of carboxylic acid groups (broad SMARTS) is 1. The van der Waals surface area contributed by atoms with Gasteiger partial charge in [0.2, 0.25) is 5.91 Å². The van der Waals surface area contributed by atoms with Gasteiger partial charge < -0.3 is 15.2 Å². The van der Waals surface area contributed by atoms with Gasteiger partial charge in [-0.1, -0.05) is 30.3 Å². The minimum Gasteiger partial charge on any atom is -0.480 e. The highest BCUT2D eigenvalue weighted by atomic mass is 16.5. The molecule has 1 amide bonds. The third-order valence-corrected chi connectivity index (χ3v) is 2.52. The maximum Gasteiger partial charge on any atom is 0.328 e. The van der Waals surface area contributed by atoms with Gasteiger partial charge in [-0.25, -0.2) is 4.79 Å². The van der Waals surface area contributed by atoms with Crippen LogP contribution < -0.4 is 5.32 Å². The van der Waals surface area contributed by atoms with E-state index in [1.807, 2.05) is 51.1 Å². The quantitative estimate of drug-likeness (QED) is 0.829. The zero-order valence-corrected chi connectivity index (χ0v) is 12.1. The van der Waals surface area contributed by atoms with Crippen molar-refractivity contribution in [3.8, 4) is 0 Å². The molecule has 0 saturated carbocycles. The number of carbonyl (C=O) groups excluding carboxylic acids is 1. The highest BCUT2D eigenvalue weighted by molar-refractivity contribution is 5.84. The van der Waals surface area contributed by atoms with Crippen molar-refractivity contribution >= 4 is 11.9 Å². The van der Waals surface area contributed by atoms with Gasteiger partial charge in [0.05, 0.1) is 18.6 Å². The molecule has 0 bridgehead atoms. The van der Waals surface area contributed by atoms with Crippen molar-refractivity contribution in [1.82, 2.24) is 5.32 Å². The van der Waals surface area contributed by atoms with Gasteiger partial charge in [-0.05, 0) is 26.3 Å². The molecule has 0 aromatic heterocycles. The van der Waals surface area contributed by atoms with Crippen molar-refractivity contribution < 1.29 is 19.4 Å². The predicted octanol–water partition coefficient (Wildman–Crippen LogP) is 1.61. The Morgan fingerprint density at radius 2 is 1.85 bits per heavy atom. The van der Waals surface area contributed by atoms with Crippen LogP contribution in [0.15, 0.2) is 30.3 Å². The molecule has 0 aliphatic heterocycles. The van der Waals surface area contributed by atoms with Crippen LogP contribution in [0.5, 0.6) is 0 Å². The zero-order valence-electron chi connectivity index (χ0n) is 12.1. The van der Waals surface area contributed by atoms with Gasteiger partial charge >= 0.3 is 5.97 Å². The lowest BCUT2D eigenvalue weighted by atomic mass is 10.1. The lowest BCUT2D eigenvalue weighted by Gasteiger charge is -2.23. The number of nitrogens with one attached hydrogen (secondary N) is 1. The first kappa shape index (κ1) is 16.2. The first-order valence-electron chi connectivity index (χ1n) is 6.48. The average molecular weight is 279 g/mol. The molecule has 0 radical (unpaired) electrons. The van der Waals surface area contributed by atoms with E-state index in [0.717, 1.165) is 5.56 Å². The molecule has 1 aromatic carbocycles. The van der Waals surface area contributed by atoms with Crippen LogP contribution in [-0.2, 0) is 20.7 Å². The lowest BCUT2D eigenvalue weighted by molar-refractivity contribution is -0.145. The van der Waals surface area contributed by atoms with E-state index in [9.17, 15) is 9.59 Å². The molecule has 1 rings (SSSR count). The van der Waals surface area contributed by atoms with E-state index in [1.54, 1.807) is 0 Å². The van der Waals surface area contributed by atoms with Crippen molar-refractivity contribution in [2.45, 2.75) is 38.8 Å². The summed E-state index contributed by atoms with van der Waals surface area (Å²) in [6.45, 7) is 5.44. The minimum atomic E-state index is -1.10. The Balaban J connectivity index is 2.53. The molecule has 0 spiro atoms. The molecule has 0 aliphatic rings. The van der Waals surface area contributed by atoms with E-state index in [2.05, 4.69) is 5.32 Å². The van der Waals surface area contributed by atoms with E-state index in [1.165, 1.54) is 0 Å². The molecular formula is C15H21NO4. The number of ether oxygens (including phenoxy) is 1. The highest BCUT2D eigenvalue weighted by Gasteiger charge is 2.23. The summed E-state index contributed by atoms with van der Waals surface area (Å²) in [6.07, 6.45) is 0.153. The smallest absolute Gasteiger partial charge is 0.328 e. The van der Waals surface area contributed by atoms with Crippen LogP contribution in [0.25, 0.3) is 0 Å². The van der Waals surface area contributed by atoms with E-state index in [0.29, 0.717) is 0 Å². The monoisotopic (exact) mass is 279 g/mol. The zero-order chi connectivity index (χ0) is 15.2. The second kappa shape index (κ2) is 7.05. The summed E-state index contributed by atoms with van der Waals surface area (Å²) in [5, 5.41) is 11.6. The van der Waals surface area contributed by atoms with E-state index in [-0.39, 0.29) is 18.9 Å². The third kappa shape index (κ3) is 6.33. The van der Waals surface area contributed by atoms with Gasteiger partial charge in [-0.15, -0.1) is 0 Å². The van der Waals surface area contributed by atoms with Crippen LogP contribution in [0.4, 0.5) is 0 Å². The van der Waals surface area contributed by atoms with Crippen molar-refractivity contribution in [2.75, 3.05) is 6.61 Å². The molecule has 2 N–H and O–H groups in total. The normalized spacial score (nSPS) is 12.8. The standard InChI is InChI=1S/C15H21NO4/c1-15(2,3)20-10-12(14(18)19)16-13(17)9-11-7-5-4-6-8-11/h4-8,12H,9-10H2,1-3H3,(H,16,17)(H,18,19)/t12-/m0/s1. The number of carbonyl (C=O) groups is 2. The molecule has 0 saturated heterocycles. The Labute approximate surface area is 118 Å². The molecule has 0 aliphatic carbocycles. The number of hydrogen-bond donors (Lipinski definition) is 2. The molecule has 1 aromatic rings. The average Bonchev–Trinajstić information content (AvgIpc) is 2.34. The van der Waals surface area contributed by atoms with Crippen molar-refractivity contribution in [1.29, 1.82) is 0 Å². The van der Waals surface area contributed by atoms with Crippen LogP contribution >= 0.6 is 0 Å². The SMILES string of the molecule is CC(C)(C)OC[C@H](NC(=O)Cc1ccccc1)C(=O)O. The van der Waals surface area contributed by atoms with Gasteiger partial charge in [0.25, 0.3) is 0 Å². The van der Waals surface area contributed by atoms with E-state index < -0.39 is 17.6 Å². The first-order chi connectivity index (χ1) is 9.28. The van der Waals surface area contributed by atoms with E-state index in [4.69, 9.17) is 9.84 Å². The Kier molecular flexibility index (Phi) is 5.70. The highest BCUT2D eigenvalue weighted by Crippen LogP contribution is 2.07. The van der Waals surface area contributed by atoms with Gasteiger partial charge in [0, 0.05) is 0 Å². The van der Waals surface area contributed by atoms with Gasteiger partial charge in [0.15, 0.2) is 6.04 Å². The van der Waals surface area contributed by atoms with Gasteiger partial charge in [0.1, 0.15) is 0 Å². The number of amides is 1. The molecule has 110 valence electrons. The van der Waals surface area contributed by atoms with Crippen LogP contribution in [0.2, 0.25) is 0 Å². The van der Waals surface area contributed by atoms with Crippen molar-refractivity contribution in [2.24, 2.45) is 0 Å². The summed E-state index contributed by atoms with van der Waals surface area (Å²) in [4.78, 5) is 22.9. The Morgan fingerprint density at radius 3 is 2.35 bits per heavy atom. The fourth-order valence-corrected chi connectivity index (χ4v) is 1.53. The van der Waals surface area contributed by atoms with Gasteiger partial charge in [-0.3, -0.25) is 4.79 Å². The Morgan fingerprint density at radius 1 is 1.25 bits per heavy atom. The van der Waals surface area contributed by atoms with Crippen LogP contribution in [0.1, 0.15) is 26.3 Å². The summed E-state index contributed by atoms with van der Waals surface area (Å²) < 4.78 is 5.41. The molecule has 20 heavy (non-hydrogen) atoms. The topological polar surface area (TPSA) is 75.6 Å². The molecule has 5 nitrogen and oxygen atoms in total. The maximum absolute atomic E-state index is 11.8. The summed E-state index contributed by atoms with van der Waals surface area (Å²) in [7, 11) is 0. The van der Waals surface area contributed by atoms with Crippen LogP contribution in [0.3, 0.4) is 0 Å². The van der Waals surface area contributed by atoms with Crippen LogP contribution in [-0.4, -0.2) is 35.2 Å². The first-order valence-corrected chi connectivity index (χ1v) is 6.48. The van der Waals surface area contributed by atoms with Gasteiger partial charge in [-0.2, -0.15) is 0 Å². The van der Waals surface area contributed by atoms with Crippen LogP contribution in [0, 0.1) is 0 Å². The Bertz CT molecular complexity index is 451. The molecule has 1 atom stereocenters. The number of carboxylic acids is 1. The third-order valence-electron chi connectivity index (χ3n) is 2.52. The second-order valence-corrected chi connectivity index (χ2v) is 5.54. The molecule has 0 unspecified atom stereocenters. The molecule has 5 heteroatoms. The summed E-state index contributed by atoms with van der Waals surface area (Å²) in [5.41, 5.74) is 0.392. The maximum atomic E-state index is 11.8. The lowest BCUT2D eigenvalue weighted by Crippen LogP contribution is -2.46. The number of hydrogen-bond acceptors (Lipinski definition) is 3. The number of benzene rings is 1. The summed E-state index contributed by atoms with van der Waals surface area (Å²) in [5.74, 6) is -1.43. The fourth-order valence-electron chi connectivity index (χ4n) is 1.53. The largest absolute Gasteiger partial charge is 0.480 e. The molecular weight excluding hydrogens is 258 g/mol. The molecule has 0 fully saturated rings. The summed E-state index contributed by atoms with van der Waals surface area (Å²) >= 11 is 0. The van der Waals surface area contributed by atoms with Crippen molar-refractivity contribution in [3.63, 3.8) is 0 Å². The Hall–Kier alpha value is -1.88. The number of aliphatic carboxylic acids is 1. The fraction of sp³-hybridized carbons (Fsp3) is 0.467. The van der Waals surface area contributed by atoms with E-state index >= 15 is 0 Å². The van der Waals surface area contributed by atoms with Crippen molar-refractivity contribution in [3.05, 3.63) is 35.9 Å². The second-order valence-electron chi connectivity index (χ2n) is 5.54. The summed E-state index contributed by atoms with van der Waals surface area (Å²) in [6, 6.07) is 8.13. The number of rotatable bonds is 6. The predicted molar refractivity (Wildman–Crippen MR) is 75.4 cm³/mol. The molecule has 0 heterocycles.